The normalized spacial score (nSPS) is 18.6. The van der Waals surface area contributed by atoms with Crippen molar-refractivity contribution in [3.05, 3.63) is 34.4 Å². The summed E-state index contributed by atoms with van der Waals surface area (Å²) < 4.78 is 0. The predicted octanol–water partition coefficient (Wildman–Crippen LogP) is 3.09. The Morgan fingerprint density at radius 2 is 1.95 bits per heavy atom. The van der Waals surface area contributed by atoms with Gasteiger partial charge in [-0.2, -0.15) is 0 Å². The van der Waals surface area contributed by atoms with Gasteiger partial charge in [0.05, 0.1) is 10.5 Å². The number of benzene rings is 1. The number of nitrogens with one attached hydrogen (secondary N) is 1. The second-order valence-corrected chi connectivity index (χ2v) is 5.30. The van der Waals surface area contributed by atoms with E-state index in [4.69, 9.17) is 0 Å². The SMILES string of the molecule is O=[N+]([O-])c1cccc(NCC2(O)CCCCCC2)c1. The minimum absolute atomic E-state index is 0.0675. The van der Waals surface area contributed by atoms with Crippen molar-refractivity contribution in [3.63, 3.8) is 0 Å². The van der Waals surface area contributed by atoms with Crippen LogP contribution in [0.25, 0.3) is 0 Å². The monoisotopic (exact) mass is 264 g/mol. The molecule has 1 aliphatic carbocycles. The van der Waals surface area contributed by atoms with Gasteiger partial charge in [-0.15, -0.1) is 0 Å². The standard InChI is InChI=1S/C14H20N2O3/c17-14(8-3-1-2-4-9-14)11-15-12-6-5-7-13(10-12)16(18)19/h5-7,10,15,17H,1-4,8-9,11H2. The van der Waals surface area contributed by atoms with Crippen molar-refractivity contribution in [3.8, 4) is 0 Å². The first kappa shape index (κ1) is 13.8. The van der Waals surface area contributed by atoms with Crippen LogP contribution in [0.2, 0.25) is 0 Å². The van der Waals surface area contributed by atoms with Crippen LogP contribution in [-0.4, -0.2) is 22.2 Å². The number of non-ortho nitro benzene ring substituents is 1. The highest BCUT2D eigenvalue weighted by Gasteiger charge is 2.27. The highest BCUT2D eigenvalue weighted by Crippen LogP contribution is 2.27. The van der Waals surface area contributed by atoms with E-state index in [0.29, 0.717) is 12.2 Å². The van der Waals surface area contributed by atoms with Crippen LogP contribution in [-0.2, 0) is 0 Å². The number of hydrogen-bond donors (Lipinski definition) is 2. The molecule has 19 heavy (non-hydrogen) atoms. The lowest BCUT2D eigenvalue weighted by Crippen LogP contribution is -2.36. The molecule has 1 fully saturated rings. The molecule has 0 unspecified atom stereocenters. The second kappa shape index (κ2) is 6.02. The Morgan fingerprint density at radius 1 is 1.26 bits per heavy atom. The van der Waals surface area contributed by atoms with Gasteiger partial charge >= 0.3 is 0 Å². The van der Waals surface area contributed by atoms with Gasteiger partial charge in [0.1, 0.15) is 0 Å². The van der Waals surface area contributed by atoms with Crippen LogP contribution in [0.3, 0.4) is 0 Å². The van der Waals surface area contributed by atoms with E-state index in [1.165, 1.54) is 25.0 Å². The van der Waals surface area contributed by atoms with Crippen LogP contribution in [0, 0.1) is 10.1 Å². The molecule has 104 valence electrons. The summed E-state index contributed by atoms with van der Waals surface area (Å²) in [7, 11) is 0. The minimum atomic E-state index is -0.679. The van der Waals surface area contributed by atoms with E-state index in [1.807, 2.05) is 0 Å². The fourth-order valence-electron chi connectivity index (χ4n) is 2.56. The van der Waals surface area contributed by atoms with Crippen molar-refractivity contribution in [2.75, 3.05) is 11.9 Å². The highest BCUT2D eigenvalue weighted by molar-refractivity contribution is 5.51. The van der Waals surface area contributed by atoms with E-state index in [9.17, 15) is 15.2 Å². The molecular weight excluding hydrogens is 244 g/mol. The van der Waals surface area contributed by atoms with Crippen molar-refractivity contribution in [1.29, 1.82) is 0 Å². The largest absolute Gasteiger partial charge is 0.388 e. The summed E-state index contributed by atoms with van der Waals surface area (Å²) in [5, 5.41) is 24.3. The summed E-state index contributed by atoms with van der Waals surface area (Å²) in [5.41, 5.74) is 0.0749. The van der Waals surface area contributed by atoms with Crippen LogP contribution < -0.4 is 5.32 Å². The van der Waals surface area contributed by atoms with Gasteiger partial charge in [0, 0.05) is 24.4 Å². The molecule has 2 rings (SSSR count). The van der Waals surface area contributed by atoms with E-state index >= 15 is 0 Å². The third kappa shape index (κ3) is 3.92. The Bertz CT molecular complexity index is 440. The number of hydrogen-bond acceptors (Lipinski definition) is 4. The van der Waals surface area contributed by atoms with E-state index in [-0.39, 0.29) is 5.69 Å². The van der Waals surface area contributed by atoms with Crippen LogP contribution in [0.4, 0.5) is 11.4 Å². The van der Waals surface area contributed by atoms with Crippen molar-refractivity contribution in [1.82, 2.24) is 0 Å². The van der Waals surface area contributed by atoms with Gasteiger partial charge in [-0.3, -0.25) is 10.1 Å². The molecule has 2 N–H and O–H groups in total. The molecule has 1 saturated carbocycles. The van der Waals surface area contributed by atoms with Gasteiger partial charge in [-0.1, -0.05) is 31.7 Å². The maximum absolute atomic E-state index is 10.7. The molecule has 0 aromatic heterocycles. The van der Waals surface area contributed by atoms with Gasteiger partial charge in [0.25, 0.3) is 5.69 Å². The van der Waals surface area contributed by atoms with Gasteiger partial charge in [0.2, 0.25) is 0 Å². The quantitative estimate of drug-likeness (QED) is 0.498. The lowest BCUT2D eigenvalue weighted by Gasteiger charge is -2.27. The summed E-state index contributed by atoms with van der Waals surface area (Å²) in [5.74, 6) is 0. The molecule has 0 amide bonds. The van der Waals surface area contributed by atoms with Gasteiger partial charge in [-0.25, -0.2) is 0 Å². The molecule has 0 atom stereocenters. The summed E-state index contributed by atoms with van der Waals surface area (Å²) in [6.45, 7) is 0.453. The molecule has 0 radical (unpaired) electrons. The van der Waals surface area contributed by atoms with E-state index in [0.717, 1.165) is 25.7 Å². The summed E-state index contributed by atoms with van der Waals surface area (Å²) in [4.78, 5) is 10.3. The van der Waals surface area contributed by atoms with Crippen molar-refractivity contribution in [2.45, 2.75) is 44.1 Å². The number of rotatable bonds is 4. The van der Waals surface area contributed by atoms with Crippen LogP contribution in [0.15, 0.2) is 24.3 Å². The third-order valence-electron chi connectivity index (χ3n) is 3.71. The fraction of sp³-hybridized carbons (Fsp3) is 0.571. The number of anilines is 1. The Morgan fingerprint density at radius 3 is 2.58 bits per heavy atom. The zero-order valence-electron chi connectivity index (χ0n) is 11.0. The zero-order chi connectivity index (χ0) is 13.7. The first-order valence-corrected chi connectivity index (χ1v) is 6.80. The van der Waals surface area contributed by atoms with Crippen LogP contribution in [0.5, 0.6) is 0 Å². The van der Waals surface area contributed by atoms with Gasteiger partial charge < -0.3 is 10.4 Å². The Labute approximate surface area is 112 Å². The fourth-order valence-corrected chi connectivity index (χ4v) is 2.56. The first-order valence-electron chi connectivity index (χ1n) is 6.80. The van der Waals surface area contributed by atoms with Gasteiger partial charge in [0.15, 0.2) is 0 Å². The minimum Gasteiger partial charge on any atom is -0.388 e. The molecule has 0 bridgehead atoms. The lowest BCUT2D eigenvalue weighted by molar-refractivity contribution is -0.384. The van der Waals surface area contributed by atoms with E-state index < -0.39 is 10.5 Å². The molecule has 5 heteroatoms. The van der Waals surface area contributed by atoms with Crippen LogP contribution in [0.1, 0.15) is 38.5 Å². The third-order valence-corrected chi connectivity index (χ3v) is 3.71. The van der Waals surface area contributed by atoms with Crippen molar-refractivity contribution >= 4 is 11.4 Å². The maximum atomic E-state index is 10.7. The second-order valence-electron chi connectivity index (χ2n) is 5.30. The molecule has 0 saturated heterocycles. The molecule has 1 aromatic carbocycles. The lowest BCUT2D eigenvalue weighted by atomic mass is 9.94. The van der Waals surface area contributed by atoms with Gasteiger partial charge in [-0.05, 0) is 18.9 Å². The number of nitro benzene ring substituents is 1. The predicted molar refractivity (Wildman–Crippen MR) is 74.2 cm³/mol. The molecule has 1 aliphatic rings. The average Bonchev–Trinajstić information content (AvgIpc) is 2.62. The summed E-state index contributed by atoms with van der Waals surface area (Å²) >= 11 is 0. The van der Waals surface area contributed by atoms with E-state index in [1.54, 1.807) is 12.1 Å². The molecule has 0 heterocycles. The number of nitrogens with zero attached hydrogens (tertiary/aromatic N) is 1. The molecule has 1 aromatic rings. The molecule has 5 nitrogen and oxygen atoms in total. The smallest absolute Gasteiger partial charge is 0.271 e. The summed E-state index contributed by atoms with van der Waals surface area (Å²) in [6.07, 6.45) is 6.06. The Kier molecular flexibility index (Phi) is 4.37. The number of aliphatic hydroxyl groups is 1. The number of nitro groups is 1. The molecule has 0 spiro atoms. The summed E-state index contributed by atoms with van der Waals surface area (Å²) in [6, 6.07) is 6.40. The highest BCUT2D eigenvalue weighted by atomic mass is 16.6. The Balaban J connectivity index is 1.97. The molecule has 0 aliphatic heterocycles. The van der Waals surface area contributed by atoms with Crippen LogP contribution >= 0.6 is 0 Å². The van der Waals surface area contributed by atoms with Crippen molar-refractivity contribution < 1.29 is 10.0 Å². The first-order chi connectivity index (χ1) is 9.09. The average molecular weight is 264 g/mol. The zero-order valence-corrected chi connectivity index (χ0v) is 11.0. The van der Waals surface area contributed by atoms with Crippen molar-refractivity contribution in [2.24, 2.45) is 0 Å². The van der Waals surface area contributed by atoms with E-state index in [2.05, 4.69) is 5.32 Å². The topological polar surface area (TPSA) is 75.4 Å². The maximum Gasteiger partial charge on any atom is 0.271 e. The Hall–Kier alpha value is -1.62. The molecular formula is C14H20N2O3.